The highest BCUT2D eigenvalue weighted by Crippen LogP contribution is 2.37. The number of nitrogens with two attached hydrogens (primary N) is 1. The summed E-state index contributed by atoms with van der Waals surface area (Å²) in [5.74, 6) is -0.876. The van der Waals surface area contributed by atoms with Gasteiger partial charge in [0.1, 0.15) is 5.54 Å². The van der Waals surface area contributed by atoms with Crippen molar-refractivity contribution in [3.05, 3.63) is 35.4 Å². The van der Waals surface area contributed by atoms with Crippen molar-refractivity contribution in [2.75, 3.05) is 13.1 Å². The summed E-state index contributed by atoms with van der Waals surface area (Å²) in [5, 5.41) is 9.23. The average molecular weight is 260 g/mol. The van der Waals surface area contributed by atoms with Crippen LogP contribution in [0.5, 0.6) is 0 Å². The lowest BCUT2D eigenvalue weighted by Crippen LogP contribution is -2.50. The summed E-state index contributed by atoms with van der Waals surface area (Å²) < 4.78 is 0. The van der Waals surface area contributed by atoms with Crippen LogP contribution in [0.4, 0.5) is 0 Å². The Balaban J connectivity index is 1.84. The zero-order valence-electron chi connectivity index (χ0n) is 11.0. The lowest BCUT2D eigenvalue weighted by atomic mass is 9.87. The quantitative estimate of drug-likeness (QED) is 0.846. The first-order chi connectivity index (χ1) is 9.10. The standard InChI is InChI=1S/C15H20N2O2/c16-15(14(18)19)8-9-17(10-15)13-7-3-5-11-4-1-2-6-12(11)13/h1-2,4,6,13H,3,5,7-10,16H2,(H,18,19). The number of carboxylic acid groups (broad SMARTS) is 1. The summed E-state index contributed by atoms with van der Waals surface area (Å²) in [5.41, 5.74) is 7.68. The van der Waals surface area contributed by atoms with Gasteiger partial charge in [0.15, 0.2) is 0 Å². The van der Waals surface area contributed by atoms with Crippen molar-refractivity contribution >= 4 is 5.97 Å². The van der Waals surface area contributed by atoms with Gasteiger partial charge < -0.3 is 10.8 Å². The first kappa shape index (κ1) is 12.6. The predicted molar refractivity (Wildman–Crippen MR) is 72.9 cm³/mol. The molecule has 1 aliphatic heterocycles. The van der Waals surface area contributed by atoms with Crippen molar-refractivity contribution in [2.45, 2.75) is 37.3 Å². The molecule has 3 rings (SSSR count). The van der Waals surface area contributed by atoms with E-state index in [0.29, 0.717) is 19.0 Å². The van der Waals surface area contributed by atoms with Gasteiger partial charge in [0.2, 0.25) is 0 Å². The number of hydrogen-bond acceptors (Lipinski definition) is 3. The Bertz CT molecular complexity index is 503. The van der Waals surface area contributed by atoms with Crippen LogP contribution >= 0.6 is 0 Å². The number of likely N-dealkylation sites (tertiary alicyclic amines) is 1. The van der Waals surface area contributed by atoms with E-state index in [2.05, 4.69) is 29.2 Å². The molecule has 1 aliphatic carbocycles. The van der Waals surface area contributed by atoms with Gasteiger partial charge in [-0.2, -0.15) is 0 Å². The third-order valence-electron chi connectivity index (χ3n) is 4.53. The van der Waals surface area contributed by atoms with Crippen LogP contribution in [0.15, 0.2) is 24.3 Å². The molecule has 4 nitrogen and oxygen atoms in total. The summed E-state index contributed by atoms with van der Waals surface area (Å²) in [6, 6.07) is 8.85. The second-order valence-electron chi connectivity index (χ2n) is 5.79. The first-order valence-electron chi connectivity index (χ1n) is 6.94. The molecule has 1 fully saturated rings. The largest absolute Gasteiger partial charge is 0.480 e. The molecule has 3 N–H and O–H groups in total. The third-order valence-corrected chi connectivity index (χ3v) is 4.53. The van der Waals surface area contributed by atoms with Gasteiger partial charge in [-0.3, -0.25) is 9.69 Å². The maximum Gasteiger partial charge on any atom is 0.325 e. The zero-order valence-corrected chi connectivity index (χ0v) is 11.0. The van der Waals surface area contributed by atoms with E-state index in [-0.39, 0.29) is 0 Å². The topological polar surface area (TPSA) is 66.6 Å². The molecule has 0 aromatic heterocycles. The Morgan fingerprint density at radius 1 is 1.42 bits per heavy atom. The van der Waals surface area contributed by atoms with Crippen molar-refractivity contribution in [1.82, 2.24) is 4.90 Å². The van der Waals surface area contributed by atoms with Crippen molar-refractivity contribution in [2.24, 2.45) is 5.73 Å². The summed E-state index contributed by atoms with van der Waals surface area (Å²) in [6.07, 6.45) is 3.95. The van der Waals surface area contributed by atoms with E-state index < -0.39 is 11.5 Å². The molecule has 2 atom stereocenters. The van der Waals surface area contributed by atoms with Crippen LogP contribution in [-0.4, -0.2) is 34.6 Å². The molecule has 2 unspecified atom stereocenters. The Morgan fingerprint density at radius 3 is 2.95 bits per heavy atom. The minimum atomic E-state index is -1.06. The maximum atomic E-state index is 11.2. The number of carboxylic acids is 1. The molecule has 0 saturated carbocycles. The van der Waals surface area contributed by atoms with E-state index in [1.807, 2.05) is 0 Å². The number of fused-ring (bicyclic) bond motifs is 1. The number of aliphatic carboxylic acids is 1. The molecule has 0 spiro atoms. The van der Waals surface area contributed by atoms with Gasteiger partial charge in [0.25, 0.3) is 0 Å². The number of benzene rings is 1. The highest BCUT2D eigenvalue weighted by molar-refractivity contribution is 5.79. The molecule has 2 aliphatic rings. The van der Waals surface area contributed by atoms with Crippen LogP contribution in [-0.2, 0) is 11.2 Å². The number of nitrogens with zero attached hydrogens (tertiary/aromatic N) is 1. The molecule has 0 radical (unpaired) electrons. The van der Waals surface area contributed by atoms with Crippen LogP contribution in [0.25, 0.3) is 0 Å². The van der Waals surface area contributed by atoms with E-state index in [4.69, 9.17) is 5.73 Å². The van der Waals surface area contributed by atoms with Crippen LogP contribution < -0.4 is 5.73 Å². The van der Waals surface area contributed by atoms with Crippen molar-refractivity contribution in [1.29, 1.82) is 0 Å². The number of hydrogen-bond donors (Lipinski definition) is 2. The van der Waals surface area contributed by atoms with Gasteiger partial charge >= 0.3 is 5.97 Å². The van der Waals surface area contributed by atoms with Gasteiger partial charge in [-0.1, -0.05) is 24.3 Å². The molecule has 1 aromatic rings. The van der Waals surface area contributed by atoms with Crippen LogP contribution in [0.2, 0.25) is 0 Å². The fraction of sp³-hybridized carbons (Fsp3) is 0.533. The van der Waals surface area contributed by atoms with E-state index in [1.165, 1.54) is 17.5 Å². The van der Waals surface area contributed by atoms with E-state index in [0.717, 1.165) is 19.4 Å². The van der Waals surface area contributed by atoms with Gasteiger partial charge in [-0.05, 0) is 36.8 Å². The maximum absolute atomic E-state index is 11.2. The zero-order chi connectivity index (χ0) is 13.5. The molecule has 102 valence electrons. The van der Waals surface area contributed by atoms with Crippen LogP contribution in [0.1, 0.15) is 36.4 Å². The van der Waals surface area contributed by atoms with Crippen molar-refractivity contribution < 1.29 is 9.90 Å². The Labute approximate surface area is 113 Å². The highest BCUT2D eigenvalue weighted by Gasteiger charge is 2.43. The van der Waals surface area contributed by atoms with E-state index in [9.17, 15) is 9.90 Å². The molecular formula is C15H20N2O2. The number of rotatable bonds is 2. The molecule has 4 heteroatoms. The van der Waals surface area contributed by atoms with E-state index >= 15 is 0 Å². The van der Waals surface area contributed by atoms with Crippen LogP contribution in [0, 0.1) is 0 Å². The van der Waals surface area contributed by atoms with Gasteiger partial charge in [-0.25, -0.2) is 0 Å². The van der Waals surface area contributed by atoms with Crippen LogP contribution in [0.3, 0.4) is 0 Å². The SMILES string of the molecule is NC1(C(=O)O)CCN(C2CCCc3ccccc32)C1. The Morgan fingerprint density at radius 2 is 2.21 bits per heavy atom. The van der Waals surface area contributed by atoms with E-state index in [1.54, 1.807) is 0 Å². The third kappa shape index (κ3) is 2.15. The monoisotopic (exact) mass is 260 g/mol. The first-order valence-corrected chi connectivity index (χ1v) is 6.94. The Hall–Kier alpha value is -1.39. The van der Waals surface area contributed by atoms with Gasteiger partial charge in [0, 0.05) is 19.1 Å². The molecule has 0 bridgehead atoms. The van der Waals surface area contributed by atoms with Crippen molar-refractivity contribution in [3.63, 3.8) is 0 Å². The second kappa shape index (κ2) is 4.62. The lowest BCUT2D eigenvalue weighted by molar-refractivity contribution is -0.142. The summed E-state index contributed by atoms with van der Waals surface area (Å²) in [7, 11) is 0. The van der Waals surface area contributed by atoms with Gasteiger partial charge in [-0.15, -0.1) is 0 Å². The molecule has 1 heterocycles. The minimum absolute atomic E-state index is 0.342. The molecule has 19 heavy (non-hydrogen) atoms. The molecule has 1 aromatic carbocycles. The average Bonchev–Trinajstić information content (AvgIpc) is 2.82. The number of aryl methyl sites for hydroxylation is 1. The predicted octanol–water partition coefficient (Wildman–Crippen LogP) is 1.55. The summed E-state index contributed by atoms with van der Waals surface area (Å²) in [4.78, 5) is 13.5. The smallest absolute Gasteiger partial charge is 0.325 e. The summed E-state index contributed by atoms with van der Waals surface area (Å²) >= 11 is 0. The highest BCUT2D eigenvalue weighted by atomic mass is 16.4. The molecule has 1 saturated heterocycles. The summed E-state index contributed by atoms with van der Waals surface area (Å²) in [6.45, 7) is 1.24. The number of carbonyl (C=O) groups is 1. The molecular weight excluding hydrogens is 240 g/mol. The van der Waals surface area contributed by atoms with Crippen molar-refractivity contribution in [3.8, 4) is 0 Å². The minimum Gasteiger partial charge on any atom is -0.480 e. The Kier molecular flexibility index (Phi) is 3.07. The molecule has 0 amide bonds. The fourth-order valence-corrected chi connectivity index (χ4v) is 3.41. The fourth-order valence-electron chi connectivity index (χ4n) is 3.41. The lowest BCUT2D eigenvalue weighted by Gasteiger charge is -2.33. The normalized spacial score (nSPS) is 31.1. The van der Waals surface area contributed by atoms with Gasteiger partial charge in [0.05, 0.1) is 0 Å². The second-order valence-corrected chi connectivity index (χ2v) is 5.79.